The molecule has 2 aromatic rings. The molecular formula is C15H17FN6O. The van der Waals surface area contributed by atoms with Crippen LogP contribution >= 0.6 is 0 Å². The van der Waals surface area contributed by atoms with E-state index in [0.29, 0.717) is 25.0 Å². The monoisotopic (exact) mass is 316 g/mol. The number of anilines is 2. The Bertz CT molecular complexity index is 669. The minimum atomic E-state index is -0.424. The van der Waals surface area contributed by atoms with Crippen LogP contribution in [0.2, 0.25) is 0 Å². The number of aromatic nitrogens is 4. The number of halogens is 1. The number of hydrogen-bond donors (Lipinski definition) is 1. The first kappa shape index (κ1) is 14.3. The lowest BCUT2D eigenvalue weighted by Crippen LogP contribution is -2.34. The second-order valence-corrected chi connectivity index (χ2v) is 5.98. The van der Waals surface area contributed by atoms with Gasteiger partial charge < -0.3 is 15.0 Å². The molecule has 4 heterocycles. The lowest BCUT2D eigenvalue weighted by molar-refractivity contribution is 0.0228. The molecule has 120 valence electrons. The average Bonchev–Trinajstić information content (AvgIpc) is 3.16. The maximum Gasteiger partial charge on any atom is 0.225 e. The summed E-state index contributed by atoms with van der Waals surface area (Å²) in [6.45, 7) is 2.14. The van der Waals surface area contributed by atoms with Crippen LogP contribution in [0.5, 0.6) is 0 Å². The number of nitrogens with zero attached hydrogens (tertiary/aromatic N) is 5. The van der Waals surface area contributed by atoms with E-state index in [-0.39, 0.29) is 11.6 Å². The molecule has 8 heteroatoms. The van der Waals surface area contributed by atoms with Crippen LogP contribution in [-0.2, 0) is 4.74 Å². The second-order valence-electron chi connectivity index (χ2n) is 5.98. The zero-order chi connectivity index (χ0) is 15.7. The summed E-state index contributed by atoms with van der Waals surface area (Å²) >= 11 is 0. The standard InChI is InChI=1S/C15H17FN6O/c16-11-7-19-14(20-8-11)22-5-2-15(10-22)6-12(9-23-15)21-13-17-3-1-4-18-13/h1,3-4,7-8,12H,2,5-6,9-10H2,(H,17,18,21)/t12-,15-/m1/s1. The molecule has 2 fully saturated rings. The van der Waals surface area contributed by atoms with Crippen molar-refractivity contribution in [1.82, 2.24) is 19.9 Å². The van der Waals surface area contributed by atoms with E-state index >= 15 is 0 Å². The Balaban J connectivity index is 1.40. The van der Waals surface area contributed by atoms with Gasteiger partial charge in [-0.15, -0.1) is 0 Å². The van der Waals surface area contributed by atoms with E-state index < -0.39 is 5.82 Å². The Labute approximate surface area is 132 Å². The Kier molecular flexibility index (Phi) is 3.53. The van der Waals surface area contributed by atoms with Crippen LogP contribution in [0.25, 0.3) is 0 Å². The third-order valence-electron chi connectivity index (χ3n) is 4.31. The fourth-order valence-electron chi connectivity index (χ4n) is 3.26. The van der Waals surface area contributed by atoms with E-state index in [2.05, 4.69) is 25.3 Å². The topological polar surface area (TPSA) is 76.1 Å². The molecule has 0 unspecified atom stereocenters. The van der Waals surface area contributed by atoms with Gasteiger partial charge in [-0.05, 0) is 12.5 Å². The minimum Gasteiger partial charge on any atom is -0.371 e. The number of hydrogen-bond acceptors (Lipinski definition) is 7. The molecule has 0 radical (unpaired) electrons. The molecule has 0 aromatic carbocycles. The maximum absolute atomic E-state index is 12.9. The molecule has 2 aliphatic rings. The van der Waals surface area contributed by atoms with Crippen LogP contribution in [-0.4, -0.2) is 51.3 Å². The molecule has 1 N–H and O–H groups in total. The van der Waals surface area contributed by atoms with Crippen molar-refractivity contribution in [2.24, 2.45) is 0 Å². The summed E-state index contributed by atoms with van der Waals surface area (Å²) in [5.74, 6) is 0.747. The Hall–Kier alpha value is -2.35. The van der Waals surface area contributed by atoms with Crippen molar-refractivity contribution in [1.29, 1.82) is 0 Å². The quantitative estimate of drug-likeness (QED) is 0.913. The van der Waals surface area contributed by atoms with E-state index in [9.17, 15) is 4.39 Å². The second kappa shape index (κ2) is 5.69. The molecule has 2 aliphatic heterocycles. The Morgan fingerprint density at radius 3 is 2.78 bits per heavy atom. The van der Waals surface area contributed by atoms with Crippen molar-refractivity contribution in [3.8, 4) is 0 Å². The van der Waals surface area contributed by atoms with Crippen molar-refractivity contribution in [3.63, 3.8) is 0 Å². The highest BCUT2D eigenvalue weighted by Crippen LogP contribution is 2.36. The Morgan fingerprint density at radius 2 is 2.00 bits per heavy atom. The fourth-order valence-corrected chi connectivity index (χ4v) is 3.26. The van der Waals surface area contributed by atoms with Gasteiger partial charge in [0.25, 0.3) is 0 Å². The third-order valence-corrected chi connectivity index (χ3v) is 4.31. The first-order valence-corrected chi connectivity index (χ1v) is 7.62. The molecule has 0 amide bonds. The van der Waals surface area contributed by atoms with Crippen LogP contribution in [0.1, 0.15) is 12.8 Å². The molecule has 23 heavy (non-hydrogen) atoms. The van der Waals surface area contributed by atoms with E-state index in [0.717, 1.165) is 19.4 Å². The zero-order valence-corrected chi connectivity index (χ0v) is 12.5. The van der Waals surface area contributed by atoms with Crippen molar-refractivity contribution >= 4 is 11.9 Å². The van der Waals surface area contributed by atoms with E-state index in [1.54, 1.807) is 18.5 Å². The summed E-state index contributed by atoms with van der Waals surface area (Å²) in [5.41, 5.74) is -0.204. The summed E-state index contributed by atoms with van der Waals surface area (Å²) in [4.78, 5) is 18.5. The van der Waals surface area contributed by atoms with Gasteiger partial charge in [0.05, 0.1) is 37.2 Å². The van der Waals surface area contributed by atoms with Gasteiger partial charge in [0.2, 0.25) is 11.9 Å². The molecule has 1 spiro atoms. The molecular weight excluding hydrogens is 299 g/mol. The summed E-state index contributed by atoms with van der Waals surface area (Å²) in [6.07, 6.45) is 7.60. The molecule has 2 saturated heterocycles. The van der Waals surface area contributed by atoms with Crippen molar-refractivity contribution < 1.29 is 9.13 Å². The van der Waals surface area contributed by atoms with Crippen LogP contribution in [0, 0.1) is 5.82 Å². The van der Waals surface area contributed by atoms with E-state index in [1.165, 1.54) is 12.4 Å². The van der Waals surface area contributed by atoms with Gasteiger partial charge in [0, 0.05) is 25.4 Å². The normalized spacial score (nSPS) is 26.8. The SMILES string of the molecule is Fc1cnc(N2CC[C@@]3(C[C@@H](Nc4ncccn4)CO3)C2)nc1. The smallest absolute Gasteiger partial charge is 0.225 e. The van der Waals surface area contributed by atoms with Crippen LogP contribution in [0.15, 0.2) is 30.9 Å². The Morgan fingerprint density at radius 1 is 1.22 bits per heavy atom. The highest BCUT2D eigenvalue weighted by atomic mass is 19.1. The maximum atomic E-state index is 12.9. The minimum absolute atomic E-state index is 0.187. The van der Waals surface area contributed by atoms with Crippen LogP contribution < -0.4 is 10.2 Å². The highest BCUT2D eigenvalue weighted by Gasteiger charge is 2.46. The van der Waals surface area contributed by atoms with Gasteiger partial charge in [0.15, 0.2) is 5.82 Å². The van der Waals surface area contributed by atoms with Gasteiger partial charge in [-0.25, -0.2) is 24.3 Å². The molecule has 2 atom stereocenters. The van der Waals surface area contributed by atoms with Gasteiger partial charge in [-0.2, -0.15) is 0 Å². The van der Waals surface area contributed by atoms with Crippen molar-refractivity contribution in [2.75, 3.05) is 29.9 Å². The highest BCUT2D eigenvalue weighted by molar-refractivity contribution is 5.34. The van der Waals surface area contributed by atoms with Crippen molar-refractivity contribution in [3.05, 3.63) is 36.7 Å². The summed E-state index contributed by atoms with van der Waals surface area (Å²) < 4.78 is 19.0. The lowest BCUT2D eigenvalue weighted by Gasteiger charge is -2.23. The largest absolute Gasteiger partial charge is 0.371 e. The third kappa shape index (κ3) is 2.94. The van der Waals surface area contributed by atoms with Gasteiger partial charge in [0.1, 0.15) is 0 Å². The summed E-state index contributed by atoms with van der Waals surface area (Å²) in [7, 11) is 0. The van der Waals surface area contributed by atoms with Gasteiger partial charge >= 0.3 is 0 Å². The van der Waals surface area contributed by atoms with Crippen LogP contribution in [0.3, 0.4) is 0 Å². The fraction of sp³-hybridized carbons (Fsp3) is 0.467. The first-order valence-electron chi connectivity index (χ1n) is 7.62. The first-order chi connectivity index (χ1) is 11.2. The predicted molar refractivity (Wildman–Crippen MR) is 81.6 cm³/mol. The van der Waals surface area contributed by atoms with Crippen LogP contribution in [0.4, 0.5) is 16.3 Å². The predicted octanol–water partition coefficient (Wildman–Crippen LogP) is 1.26. The lowest BCUT2D eigenvalue weighted by atomic mass is 9.97. The van der Waals surface area contributed by atoms with Gasteiger partial charge in [-0.1, -0.05) is 0 Å². The summed E-state index contributed by atoms with van der Waals surface area (Å²) in [6, 6.07) is 1.97. The molecule has 0 aliphatic carbocycles. The molecule has 0 bridgehead atoms. The average molecular weight is 316 g/mol. The van der Waals surface area contributed by atoms with E-state index in [1.807, 2.05) is 4.90 Å². The van der Waals surface area contributed by atoms with Gasteiger partial charge in [-0.3, -0.25) is 0 Å². The van der Waals surface area contributed by atoms with Crippen molar-refractivity contribution in [2.45, 2.75) is 24.5 Å². The molecule has 4 rings (SSSR count). The molecule has 2 aromatic heterocycles. The number of nitrogens with one attached hydrogen (secondary N) is 1. The molecule has 7 nitrogen and oxygen atoms in total. The molecule has 0 saturated carbocycles. The summed E-state index contributed by atoms with van der Waals surface area (Å²) in [5, 5.41) is 3.31. The zero-order valence-electron chi connectivity index (χ0n) is 12.5. The number of rotatable bonds is 3. The van der Waals surface area contributed by atoms with E-state index in [4.69, 9.17) is 4.74 Å². The number of ether oxygens (including phenoxy) is 1.